The van der Waals surface area contributed by atoms with Crippen LogP contribution in [0.5, 0.6) is 0 Å². The standard InChI is InChI=1S/C13H17ClO2/c1-3-16-13(15)8-7-10(2)11-5-4-6-12(14)9-11/h4-6,9-10H,3,7-8H2,1-2H3/t10-/m0/s1. The van der Waals surface area contributed by atoms with Crippen LogP contribution in [0.15, 0.2) is 24.3 Å². The first kappa shape index (κ1) is 13.0. The molecule has 0 unspecified atom stereocenters. The van der Waals surface area contributed by atoms with Crippen molar-refractivity contribution in [3.05, 3.63) is 34.9 Å². The highest BCUT2D eigenvalue weighted by atomic mass is 35.5. The van der Waals surface area contributed by atoms with Crippen LogP contribution in [0.2, 0.25) is 5.02 Å². The van der Waals surface area contributed by atoms with E-state index in [0.29, 0.717) is 18.9 Å². The van der Waals surface area contributed by atoms with Crippen molar-refractivity contribution in [2.24, 2.45) is 0 Å². The molecule has 0 spiro atoms. The van der Waals surface area contributed by atoms with Crippen LogP contribution < -0.4 is 0 Å². The van der Waals surface area contributed by atoms with E-state index in [9.17, 15) is 4.79 Å². The van der Waals surface area contributed by atoms with Crippen LogP contribution in [0.1, 0.15) is 38.2 Å². The summed E-state index contributed by atoms with van der Waals surface area (Å²) in [6.45, 7) is 4.35. The summed E-state index contributed by atoms with van der Waals surface area (Å²) < 4.78 is 4.89. The summed E-state index contributed by atoms with van der Waals surface area (Å²) in [5.74, 6) is 0.194. The first-order valence-corrected chi connectivity index (χ1v) is 5.92. The first-order valence-electron chi connectivity index (χ1n) is 5.54. The SMILES string of the molecule is CCOC(=O)CC[C@H](C)c1cccc(Cl)c1. The number of rotatable bonds is 5. The number of ether oxygens (including phenoxy) is 1. The molecule has 0 saturated heterocycles. The Bertz CT molecular complexity index is 350. The Hall–Kier alpha value is -1.02. The van der Waals surface area contributed by atoms with Gasteiger partial charge in [0.1, 0.15) is 0 Å². The maximum atomic E-state index is 11.2. The highest BCUT2D eigenvalue weighted by molar-refractivity contribution is 6.30. The van der Waals surface area contributed by atoms with Crippen molar-refractivity contribution in [3.63, 3.8) is 0 Å². The maximum absolute atomic E-state index is 11.2. The molecule has 0 fully saturated rings. The summed E-state index contributed by atoms with van der Waals surface area (Å²) in [4.78, 5) is 11.2. The Balaban J connectivity index is 2.46. The molecule has 0 aromatic heterocycles. The van der Waals surface area contributed by atoms with Gasteiger partial charge in [-0.05, 0) is 37.0 Å². The molecule has 0 aliphatic carbocycles. The van der Waals surface area contributed by atoms with Crippen LogP contribution >= 0.6 is 11.6 Å². The van der Waals surface area contributed by atoms with Crippen LogP contribution in [0.25, 0.3) is 0 Å². The number of carbonyl (C=O) groups is 1. The average Bonchev–Trinajstić information content (AvgIpc) is 2.26. The number of halogens is 1. The molecule has 1 rings (SSSR count). The molecule has 1 aromatic carbocycles. The predicted octanol–water partition coefficient (Wildman–Crippen LogP) is 3.79. The van der Waals surface area contributed by atoms with E-state index in [1.165, 1.54) is 0 Å². The van der Waals surface area contributed by atoms with E-state index in [4.69, 9.17) is 16.3 Å². The number of esters is 1. The molecule has 0 amide bonds. The molecule has 88 valence electrons. The Morgan fingerprint density at radius 3 is 2.88 bits per heavy atom. The lowest BCUT2D eigenvalue weighted by Gasteiger charge is -2.11. The summed E-state index contributed by atoms with van der Waals surface area (Å²) in [5.41, 5.74) is 1.16. The van der Waals surface area contributed by atoms with E-state index in [1.54, 1.807) is 0 Å². The van der Waals surface area contributed by atoms with Crippen molar-refractivity contribution >= 4 is 17.6 Å². The number of hydrogen-bond donors (Lipinski definition) is 0. The van der Waals surface area contributed by atoms with Gasteiger partial charge < -0.3 is 4.74 Å². The lowest BCUT2D eigenvalue weighted by molar-refractivity contribution is -0.143. The van der Waals surface area contributed by atoms with Gasteiger partial charge in [0.15, 0.2) is 0 Å². The zero-order chi connectivity index (χ0) is 12.0. The van der Waals surface area contributed by atoms with Gasteiger partial charge in [-0.15, -0.1) is 0 Å². The third-order valence-corrected chi connectivity index (χ3v) is 2.74. The molecule has 1 aromatic rings. The fourth-order valence-electron chi connectivity index (χ4n) is 1.55. The summed E-state index contributed by atoms with van der Waals surface area (Å²) in [7, 11) is 0. The van der Waals surface area contributed by atoms with E-state index in [-0.39, 0.29) is 5.97 Å². The van der Waals surface area contributed by atoms with Gasteiger partial charge in [0.2, 0.25) is 0 Å². The number of benzene rings is 1. The Morgan fingerprint density at radius 1 is 1.50 bits per heavy atom. The molecule has 0 N–H and O–H groups in total. The average molecular weight is 241 g/mol. The minimum atomic E-state index is -0.128. The highest BCUT2D eigenvalue weighted by Gasteiger charge is 2.09. The molecule has 2 nitrogen and oxygen atoms in total. The van der Waals surface area contributed by atoms with Gasteiger partial charge >= 0.3 is 5.97 Å². The van der Waals surface area contributed by atoms with Gasteiger partial charge in [-0.25, -0.2) is 0 Å². The lowest BCUT2D eigenvalue weighted by atomic mass is 9.96. The van der Waals surface area contributed by atoms with Crippen LogP contribution in [0.4, 0.5) is 0 Å². The van der Waals surface area contributed by atoms with Crippen molar-refractivity contribution in [1.29, 1.82) is 0 Å². The van der Waals surface area contributed by atoms with E-state index in [1.807, 2.05) is 31.2 Å². The molecule has 0 saturated carbocycles. The fourth-order valence-corrected chi connectivity index (χ4v) is 1.75. The van der Waals surface area contributed by atoms with Gasteiger partial charge in [0.05, 0.1) is 6.61 Å². The molecular formula is C13H17ClO2. The van der Waals surface area contributed by atoms with Crippen molar-refractivity contribution < 1.29 is 9.53 Å². The van der Waals surface area contributed by atoms with Crippen LogP contribution in [0.3, 0.4) is 0 Å². The summed E-state index contributed by atoms with van der Waals surface area (Å²) in [6, 6.07) is 7.75. The molecule has 0 radical (unpaired) electrons. The topological polar surface area (TPSA) is 26.3 Å². The van der Waals surface area contributed by atoms with Crippen molar-refractivity contribution in [2.45, 2.75) is 32.6 Å². The maximum Gasteiger partial charge on any atom is 0.305 e. The Labute approximate surface area is 102 Å². The van der Waals surface area contributed by atoms with E-state index in [0.717, 1.165) is 17.0 Å². The minimum Gasteiger partial charge on any atom is -0.466 e. The molecule has 1 atom stereocenters. The normalized spacial score (nSPS) is 12.2. The van der Waals surface area contributed by atoms with Gasteiger partial charge in [-0.1, -0.05) is 30.7 Å². The lowest BCUT2D eigenvalue weighted by Crippen LogP contribution is -2.05. The van der Waals surface area contributed by atoms with Crippen molar-refractivity contribution in [3.8, 4) is 0 Å². The fraction of sp³-hybridized carbons (Fsp3) is 0.462. The molecule has 3 heteroatoms. The second-order valence-corrected chi connectivity index (χ2v) is 4.24. The largest absolute Gasteiger partial charge is 0.466 e. The zero-order valence-corrected chi connectivity index (χ0v) is 10.5. The molecule has 0 heterocycles. The molecule has 0 aliphatic rings. The van der Waals surface area contributed by atoms with E-state index >= 15 is 0 Å². The Morgan fingerprint density at radius 2 is 2.25 bits per heavy atom. The minimum absolute atomic E-state index is 0.128. The number of hydrogen-bond acceptors (Lipinski definition) is 2. The Kier molecular flexibility index (Phi) is 5.33. The highest BCUT2D eigenvalue weighted by Crippen LogP contribution is 2.23. The molecule has 0 aliphatic heterocycles. The monoisotopic (exact) mass is 240 g/mol. The summed E-state index contributed by atoms with van der Waals surface area (Å²) in [5, 5.41) is 0.737. The van der Waals surface area contributed by atoms with Crippen molar-refractivity contribution in [1.82, 2.24) is 0 Å². The zero-order valence-electron chi connectivity index (χ0n) is 9.70. The molecular weight excluding hydrogens is 224 g/mol. The second kappa shape index (κ2) is 6.54. The summed E-state index contributed by atoms with van der Waals surface area (Å²) >= 11 is 5.91. The van der Waals surface area contributed by atoms with Crippen LogP contribution in [0, 0.1) is 0 Å². The summed E-state index contributed by atoms with van der Waals surface area (Å²) in [6.07, 6.45) is 1.25. The van der Waals surface area contributed by atoms with Crippen LogP contribution in [-0.4, -0.2) is 12.6 Å². The van der Waals surface area contributed by atoms with Crippen molar-refractivity contribution in [2.75, 3.05) is 6.61 Å². The third-order valence-electron chi connectivity index (χ3n) is 2.50. The van der Waals surface area contributed by atoms with E-state index in [2.05, 4.69) is 6.92 Å². The van der Waals surface area contributed by atoms with Gasteiger partial charge in [-0.2, -0.15) is 0 Å². The quantitative estimate of drug-likeness (QED) is 0.732. The van der Waals surface area contributed by atoms with Gasteiger partial charge in [-0.3, -0.25) is 4.79 Å². The van der Waals surface area contributed by atoms with E-state index < -0.39 is 0 Å². The van der Waals surface area contributed by atoms with Gasteiger partial charge in [0.25, 0.3) is 0 Å². The predicted molar refractivity (Wildman–Crippen MR) is 65.7 cm³/mol. The van der Waals surface area contributed by atoms with Gasteiger partial charge in [0, 0.05) is 11.4 Å². The first-order chi connectivity index (χ1) is 7.63. The second-order valence-electron chi connectivity index (χ2n) is 3.80. The number of carbonyl (C=O) groups excluding carboxylic acids is 1. The smallest absolute Gasteiger partial charge is 0.305 e. The molecule has 16 heavy (non-hydrogen) atoms. The van der Waals surface area contributed by atoms with Crippen LogP contribution in [-0.2, 0) is 9.53 Å². The molecule has 0 bridgehead atoms. The third kappa shape index (κ3) is 4.23.